The zero-order valence-electron chi connectivity index (χ0n) is 47.0. The maximum absolute atomic E-state index is 6.94. The van der Waals surface area contributed by atoms with Crippen LogP contribution in [-0.4, -0.2) is 8.80 Å². The molecule has 86 heavy (non-hydrogen) atoms. The average Bonchev–Trinajstić information content (AvgIpc) is 1.53. The number of rotatable bonds is 8. The van der Waals surface area contributed by atoms with Crippen molar-refractivity contribution in [1.82, 2.24) is 8.80 Å². The maximum atomic E-state index is 6.94. The zero-order chi connectivity index (χ0) is 56.5. The van der Waals surface area contributed by atoms with Crippen molar-refractivity contribution in [2.24, 2.45) is 0 Å². The highest BCUT2D eigenvalue weighted by atomic mass is 16.3. The first-order chi connectivity index (χ1) is 42.6. The Kier molecular flexibility index (Phi) is 9.65. The first kappa shape index (κ1) is 47.2. The van der Waals surface area contributed by atoms with Crippen molar-refractivity contribution in [3.63, 3.8) is 0 Å². The molecule has 0 aliphatic rings. The summed E-state index contributed by atoms with van der Waals surface area (Å²) in [5.41, 5.74) is 23.8. The van der Waals surface area contributed by atoms with Crippen LogP contribution in [0, 0.1) is 13.8 Å². The van der Waals surface area contributed by atoms with Crippen LogP contribution < -0.4 is 9.80 Å². The fourth-order valence-electron chi connectivity index (χ4n) is 15.1. The standard InChI is InChI=1S/C80H50N4O2/c1-47-43-45-55-53-31-15-17-41-65(53)85-79(55)73(47)81(51-27-11-5-12-28-51)61-37-21-39-63-69(61)57-33-19-35-59-71-68(50-25-9-4-10-26-50)78-72(67(49-23-7-3-8-24-49)77(71)83(63)75(57)59)60-36-20-34-58-70-62(38-22-40-64(70)84(78)76(58)60)82(52-29-13-6-14-30-52)74-48(2)44-46-56-54-32-16-18-42-66(54)86-80(56)74/h3-46H,1-2H3. The molecule has 6 heterocycles. The summed E-state index contributed by atoms with van der Waals surface area (Å²) in [4.78, 5) is 4.89. The normalized spacial score (nSPS) is 12.3. The van der Waals surface area contributed by atoms with Crippen LogP contribution in [0.4, 0.5) is 34.1 Å². The number of benzene rings is 13. The van der Waals surface area contributed by atoms with E-state index in [0.717, 1.165) is 111 Å². The van der Waals surface area contributed by atoms with Gasteiger partial charge in [0.1, 0.15) is 11.2 Å². The third kappa shape index (κ3) is 6.23. The lowest BCUT2D eigenvalue weighted by Crippen LogP contribution is -2.12. The molecular weight excluding hydrogens is 1050 g/mol. The van der Waals surface area contributed by atoms with Gasteiger partial charge in [-0.1, -0.05) is 206 Å². The SMILES string of the molecule is Cc1ccc2c(oc3ccccc32)c1N(c1ccccc1)c1cccc2c1c1cccc3c4c(-c5ccccc5)c5c(c(-c6ccccc6)c4n2c13)c1cccc2c3c(N(c4ccccc4)c4c(C)ccc6c4oc4ccccc46)cccc3n5c21. The Hall–Kier alpha value is -11.3. The molecule has 0 aliphatic carbocycles. The molecule has 6 aromatic heterocycles. The summed E-state index contributed by atoms with van der Waals surface area (Å²) >= 11 is 0. The van der Waals surface area contributed by atoms with Gasteiger partial charge >= 0.3 is 0 Å². The molecule has 0 N–H and O–H groups in total. The van der Waals surface area contributed by atoms with Crippen LogP contribution in [0.15, 0.2) is 276 Å². The van der Waals surface area contributed by atoms with Gasteiger partial charge in [-0.05, 0) is 96.8 Å². The summed E-state index contributed by atoms with van der Waals surface area (Å²) in [6, 6.07) is 97.4. The Morgan fingerprint density at radius 1 is 0.279 bits per heavy atom. The predicted octanol–water partition coefficient (Wildman–Crippen LogP) is 22.7. The van der Waals surface area contributed by atoms with E-state index in [1.54, 1.807) is 0 Å². The third-order valence-electron chi connectivity index (χ3n) is 18.5. The van der Waals surface area contributed by atoms with E-state index in [1.165, 1.54) is 76.3 Å². The van der Waals surface area contributed by atoms with Crippen LogP contribution in [0.1, 0.15) is 11.1 Å². The summed E-state index contributed by atoms with van der Waals surface area (Å²) in [6.45, 7) is 4.42. The minimum Gasteiger partial charge on any atom is -0.454 e. The molecule has 0 radical (unpaired) electrons. The fourth-order valence-corrected chi connectivity index (χ4v) is 15.1. The molecule has 6 nitrogen and oxygen atoms in total. The van der Waals surface area contributed by atoms with Gasteiger partial charge in [-0.3, -0.25) is 0 Å². The molecular formula is C80H50N4O2. The number of hydrogen-bond donors (Lipinski definition) is 0. The second-order valence-corrected chi connectivity index (χ2v) is 23.1. The van der Waals surface area contributed by atoms with Gasteiger partial charge in [-0.2, -0.15) is 0 Å². The zero-order valence-corrected chi connectivity index (χ0v) is 47.0. The number of aryl methyl sites for hydroxylation is 2. The van der Waals surface area contributed by atoms with Gasteiger partial charge in [0.2, 0.25) is 0 Å². The van der Waals surface area contributed by atoms with E-state index >= 15 is 0 Å². The number of aromatic nitrogens is 2. The molecule has 13 aromatic carbocycles. The summed E-state index contributed by atoms with van der Waals surface area (Å²) in [7, 11) is 0. The van der Waals surface area contributed by atoms with Crippen LogP contribution in [-0.2, 0) is 0 Å². The Bertz CT molecular complexity index is 5610. The topological polar surface area (TPSA) is 41.6 Å². The lowest BCUT2D eigenvalue weighted by Gasteiger charge is -2.28. The van der Waals surface area contributed by atoms with Crippen LogP contribution in [0.25, 0.3) is 142 Å². The summed E-state index contributed by atoms with van der Waals surface area (Å²) in [5.74, 6) is 0. The molecule has 0 spiro atoms. The van der Waals surface area contributed by atoms with E-state index in [4.69, 9.17) is 8.83 Å². The Labute approximate surface area is 493 Å². The maximum Gasteiger partial charge on any atom is 0.159 e. The summed E-state index contributed by atoms with van der Waals surface area (Å²) < 4.78 is 19.1. The highest BCUT2D eigenvalue weighted by molar-refractivity contribution is 6.39. The van der Waals surface area contributed by atoms with Crippen molar-refractivity contribution in [3.05, 3.63) is 278 Å². The number of furan rings is 2. The van der Waals surface area contributed by atoms with E-state index in [2.05, 4.69) is 299 Å². The van der Waals surface area contributed by atoms with E-state index in [9.17, 15) is 0 Å². The van der Waals surface area contributed by atoms with Crippen LogP contribution >= 0.6 is 0 Å². The van der Waals surface area contributed by atoms with Gasteiger partial charge in [-0.25, -0.2) is 0 Å². The van der Waals surface area contributed by atoms with Gasteiger partial charge in [0.05, 0.1) is 55.8 Å². The molecule has 402 valence electrons. The van der Waals surface area contributed by atoms with Crippen LogP contribution in [0.3, 0.4) is 0 Å². The quantitative estimate of drug-likeness (QED) is 0.152. The molecule has 0 aliphatic heterocycles. The summed E-state index contributed by atoms with van der Waals surface area (Å²) in [6.07, 6.45) is 0. The van der Waals surface area contributed by atoms with Gasteiger partial charge in [-0.15, -0.1) is 0 Å². The number of nitrogens with zero attached hydrogens (tertiary/aromatic N) is 4. The van der Waals surface area contributed by atoms with Crippen molar-refractivity contribution >= 4 is 154 Å². The number of fused-ring (bicyclic) bond motifs is 18. The lowest BCUT2D eigenvalue weighted by molar-refractivity contribution is 0.668. The van der Waals surface area contributed by atoms with Gasteiger partial charge in [0.15, 0.2) is 11.2 Å². The average molecular weight is 1100 g/mol. The van der Waals surface area contributed by atoms with Crippen LogP contribution in [0.2, 0.25) is 0 Å². The van der Waals surface area contributed by atoms with E-state index in [1.807, 2.05) is 0 Å². The Morgan fingerprint density at radius 3 is 1.05 bits per heavy atom. The first-order valence-corrected chi connectivity index (χ1v) is 29.6. The molecule has 0 unspecified atom stereocenters. The van der Waals surface area contributed by atoms with Gasteiger partial charge < -0.3 is 27.4 Å². The number of para-hydroxylation sites is 6. The van der Waals surface area contributed by atoms with Crippen molar-refractivity contribution in [1.29, 1.82) is 0 Å². The molecule has 0 amide bonds. The predicted molar refractivity (Wildman–Crippen MR) is 360 cm³/mol. The Morgan fingerprint density at radius 2 is 0.628 bits per heavy atom. The first-order valence-electron chi connectivity index (χ1n) is 29.6. The molecule has 0 saturated heterocycles. The minimum atomic E-state index is 0.868. The smallest absolute Gasteiger partial charge is 0.159 e. The molecule has 0 atom stereocenters. The molecule has 6 heteroatoms. The minimum absolute atomic E-state index is 0.868. The van der Waals surface area contributed by atoms with Crippen LogP contribution in [0.5, 0.6) is 0 Å². The summed E-state index contributed by atoms with van der Waals surface area (Å²) in [5, 5.41) is 14.0. The molecule has 19 aromatic rings. The second-order valence-electron chi connectivity index (χ2n) is 23.1. The number of anilines is 6. The fraction of sp³-hybridized carbons (Fsp3) is 0.0250. The van der Waals surface area contributed by atoms with Gasteiger partial charge in [0.25, 0.3) is 0 Å². The highest BCUT2D eigenvalue weighted by Gasteiger charge is 2.34. The van der Waals surface area contributed by atoms with Crippen molar-refractivity contribution < 1.29 is 8.83 Å². The monoisotopic (exact) mass is 1100 g/mol. The second kappa shape index (κ2) is 17.6. The number of hydrogen-bond acceptors (Lipinski definition) is 4. The van der Waals surface area contributed by atoms with E-state index < -0.39 is 0 Å². The third-order valence-corrected chi connectivity index (χ3v) is 18.5. The Balaban J connectivity index is 0.971. The van der Waals surface area contributed by atoms with E-state index in [-0.39, 0.29) is 0 Å². The lowest BCUT2D eigenvalue weighted by atomic mass is 9.89. The molecule has 0 fully saturated rings. The van der Waals surface area contributed by atoms with Gasteiger partial charge in [0, 0.05) is 87.1 Å². The van der Waals surface area contributed by atoms with Crippen molar-refractivity contribution in [2.45, 2.75) is 13.8 Å². The molecule has 0 bridgehead atoms. The molecule has 0 saturated carbocycles. The van der Waals surface area contributed by atoms with E-state index in [0.29, 0.717) is 0 Å². The molecule has 19 rings (SSSR count). The largest absolute Gasteiger partial charge is 0.454 e. The van der Waals surface area contributed by atoms with Crippen molar-refractivity contribution in [2.75, 3.05) is 9.80 Å². The van der Waals surface area contributed by atoms with Crippen molar-refractivity contribution in [3.8, 4) is 22.3 Å². The highest BCUT2D eigenvalue weighted by Crippen LogP contribution is 2.57.